The van der Waals surface area contributed by atoms with Crippen molar-refractivity contribution in [3.05, 3.63) is 65.3 Å². The van der Waals surface area contributed by atoms with Crippen molar-refractivity contribution >= 4 is 11.5 Å². The van der Waals surface area contributed by atoms with E-state index in [0.717, 1.165) is 37.8 Å². The van der Waals surface area contributed by atoms with Crippen LogP contribution < -0.4 is 10.2 Å². The molecule has 2 aromatic rings. The Balaban J connectivity index is 1.72. The molecule has 2 heterocycles. The first-order chi connectivity index (χ1) is 15.2. The molecule has 0 aliphatic carbocycles. The number of halogens is 2. The van der Waals surface area contributed by atoms with Crippen molar-refractivity contribution in [1.29, 1.82) is 5.41 Å². The Morgan fingerprint density at radius 2 is 1.91 bits per heavy atom. The van der Waals surface area contributed by atoms with Crippen LogP contribution in [0, 0.1) is 28.4 Å². The number of nitrogens with one attached hydrogen (secondary N) is 2. The van der Waals surface area contributed by atoms with Crippen LogP contribution in [0.3, 0.4) is 0 Å². The molecular formula is C25H33F2N5. The van der Waals surface area contributed by atoms with Crippen molar-refractivity contribution in [2.24, 2.45) is 11.3 Å². The summed E-state index contributed by atoms with van der Waals surface area (Å²) >= 11 is 0. The average Bonchev–Trinajstić information content (AvgIpc) is 2.78. The lowest BCUT2D eigenvalue weighted by molar-refractivity contribution is 0.165. The van der Waals surface area contributed by atoms with E-state index in [-0.39, 0.29) is 28.6 Å². The first kappa shape index (κ1) is 23.8. The number of hydrogen-bond donors (Lipinski definition) is 2. The number of aromatic nitrogens is 2. The molecule has 1 saturated heterocycles. The van der Waals surface area contributed by atoms with E-state index in [9.17, 15) is 8.78 Å². The highest BCUT2D eigenvalue weighted by molar-refractivity contribution is 6.04. The van der Waals surface area contributed by atoms with Gasteiger partial charge in [-0.25, -0.2) is 18.7 Å². The minimum Gasteiger partial charge on any atom is -0.384 e. The molecule has 2 N–H and O–H groups in total. The molecule has 1 aliphatic heterocycles. The van der Waals surface area contributed by atoms with Crippen molar-refractivity contribution < 1.29 is 8.78 Å². The van der Waals surface area contributed by atoms with E-state index in [1.54, 1.807) is 24.3 Å². The normalized spacial score (nSPS) is 16.3. The number of piperidine rings is 1. The molecule has 0 spiro atoms. The number of benzene rings is 1. The molecule has 1 aliphatic rings. The van der Waals surface area contributed by atoms with Gasteiger partial charge in [-0.3, -0.25) is 5.41 Å². The lowest BCUT2D eigenvalue weighted by Gasteiger charge is -2.42. The average molecular weight is 442 g/mol. The van der Waals surface area contributed by atoms with Crippen molar-refractivity contribution in [3.63, 3.8) is 0 Å². The summed E-state index contributed by atoms with van der Waals surface area (Å²) in [7, 11) is 0. The third-order valence-electron chi connectivity index (χ3n) is 6.73. The molecule has 0 bridgehead atoms. The quantitative estimate of drug-likeness (QED) is 0.533. The van der Waals surface area contributed by atoms with Crippen LogP contribution >= 0.6 is 0 Å². The van der Waals surface area contributed by atoms with Gasteiger partial charge in [-0.05, 0) is 42.7 Å². The van der Waals surface area contributed by atoms with E-state index in [4.69, 9.17) is 5.41 Å². The SMILES string of the molecule is CC/C(=C/C(=N)c1ncc(F)c(N2CCC(C)(C(C)C)CC2)n1)NCc1ccccc1F. The van der Waals surface area contributed by atoms with E-state index in [2.05, 4.69) is 36.1 Å². The predicted molar refractivity (Wildman–Crippen MR) is 125 cm³/mol. The van der Waals surface area contributed by atoms with Crippen LogP contribution in [-0.4, -0.2) is 28.8 Å². The predicted octanol–water partition coefficient (Wildman–Crippen LogP) is 5.47. The Bertz CT molecular complexity index is 978. The van der Waals surface area contributed by atoms with Gasteiger partial charge in [0.1, 0.15) is 11.5 Å². The van der Waals surface area contributed by atoms with Crippen LogP contribution in [0.15, 0.2) is 42.2 Å². The van der Waals surface area contributed by atoms with Crippen LogP contribution in [0.2, 0.25) is 0 Å². The maximum Gasteiger partial charge on any atom is 0.183 e. The van der Waals surface area contributed by atoms with E-state index < -0.39 is 5.82 Å². The molecule has 7 heteroatoms. The van der Waals surface area contributed by atoms with Gasteiger partial charge < -0.3 is 10.2 Å². The van der Waals surface area contributed by atoms with Crippen molar-refractivity contribution in [3.8, 4) is 0 Å². The van der Waals surface area contributed by atoms with Crippen LogP contribution in [0.25, 0.3) is 0 Å². The summed E-state index contributed by atoms with van der Waals surface area (Å²) in [4.78, 5) is 10.4. The first-order valence-corrected chi connectivity index (χ1v) is 11.3. The molecule has 0 saturated carbocycles. The fraction of sp³-hybridized carbons (Fsp3) is 0.480. The summed E-state index contributed by atoms with van der Waals surface area (Å²) in [6.07, 6.45) is 5.35. The number of rotatable bonds is 8. The molecule has 3 rings (SSSR count). The zero-order chi connectivity index (χ0) is 23.3. The summed E-state index contributed by atoms with van der Waals surface area (Å²) in [5.74, 6) is 0.269. The molecule has 172 valence electrons. The number of nitrogens with zero attached hydrogens (tertiary/aromatic N) is 3. The molecule has 32 heavy (non-hydrogen) atoms. The molecule has 0 unspecified atom stereocenters. The van der Waals surface area contributed by atoms with Gasteiger partial charge in [-0.15, -0.1) is 0 Å². The number of anilines is 1. The summed E-state index contributed by atoms with van der Waals surface area (Å²) in [5.41, 5.74) is 1.65. The molecule has 1 fully saturated rings. The molecule has 0 amide bonds. The summed E-state index contributed by atoms with van der Waals surface area (Å²) in [6, 6.07) is 6.59. The lowest BCUT2D eigenvalue weighted by Crippen LogP contribution is -2.42. The second-order valence-corrected chi connectivity index (χ2v) is 9.04. The maximum absolute atomic E-state index is 14.5. The second-order valence-electron chi connectivity index (χ2n) is 9.04. The summed E-state index contributed by atoms with van der Waals surface area (Å²) < 4.78 is 28.4. The van der Waals surface area contributed by atoms with E-state index in [1.807, 2.05) is 11.8 Å². The Labute approximate surface area is 189 Å². The lowest BCUT2D eigenvalue weighted by atomic mass is 9.72. The third-order valence-corrected chi connectivity index (χ3v) is 6.73. The summed E-state index contributed by atoms with van der Waals surface area (Å²) in [5, 5.41) is 11.6. The minimum atomic E-state index is -0.466. The van der Waals surface area contributed by atoms with Gasteiger partial charge in [0.25, 0.3) is 0 Å². The molecule has 0 atom stereocenters. The highest BCUT2D eigenvalue weighted by atomic mass is 19.1. The topological polar surface area (TPSA) is 64.9 Å². The fourth-order valence-corrected chi connectivity index (χ4v) is 3.88. The smallest absolute Gasteiger partial charge is 0.183 e. The first-order valence-electron chi connectivity index (χ1n) is 11.3. The van der Waals surface area contributed by atoms with Crippen LogP contribution in [0.4, 0.5) is 14.6 Å². The van der Waals surface area contributed by atoms with Gasteiger partial charge in [-0.2, -0.15) is 0 Å². The monoisotopic (exact) mass is 441 g/mol. The Kier molecular flexibility index (Phi) is 7.59. The van der Waals surface area contributed by atoms with Gasteiger partial charge in [0.05, 0.1) is 6.20 Å². The molecule has 5 nitrogen and oxygen atoms in total. The Morgan fingerprint density at radius 1 is 1.22 bits per heavy atom. The highest BCUT2D eigenvalue weighted by Crippen LogP contribution is 2.39. The molecule has 1 aromatic carbocycles. The van der Waals surface area contributed by atoms with Crippen LogP contribution in [0.5, 0.6) is 0 Å². The fourth-order valence-electron chi connectivity index (χ4n) is 3.88. The number of allylic oxidation sites excluding steroid dienone is 2. The zero-order valence-corrected chi connectivity index (χ0v) is 19.4. The zero-order valence-electron chi connectivity index (χ0n) is 19.4. The Hall–Kier alpha value is -2.83. The summed E-state index contributed by atoms with van der Waals surface area (Å²) in [6.45, 7) is 10.5. The Morgan fingerprint density at radius 3 is 2.53 bits per heavy atom. The maximum atomic E-state index is 14.5. The van der Waals surface area contributed by atoms with Gasteiger partial charge >= 0.3 is 0 Å². The van der Waals surface area contributed by atoms with E-state index in [1.165, 1.54) is 6.07 Å². The van der Waals surface area contributed by atoms with Gasteiger partial charge in [0, 0.05) is 30.9 Å². The van der Waals surface area contributed by atoms with Gasteiger partial charge in [0.2, 0.25) is 0 Å². The van der Waals surface area contributed by atoms with Gasteiger partial charge in [0.15, 0.2) is 17.5 Å². The van der Waals surface area contributed by atoms with Crippen molar-refractivity contribution in [2.45, 2.75) is 53.5 Å². The van der Waals surface area contributed by atoms with Crippen molar-refractivity contribution in [1.82, 2.24) is 15.3 Å². The molecule has 1 aromatic heterocycles. The van der Waals surface area contributed by atoms with Gasteiger partial charge in [-0.1, -0.05) is 45.9 Å². The standard InChI is InChI=1S/C25H33F2N5/c1-5-19(29-15-18-8-6-7-9-20(18)26)14-22(28)23-30-16-21(27)24(31-23)32-12-10-25(4,11-13-32)17(2)3/h6-9,14,16-17,28-29H,5,10-13,15H2,1-4H3/b19-14-,28-22?. The van der Waals surface area contributed by atoms with Crippen LogP contribution in [-0.2, 0) is 6.54 Å². The third kappa shape index (κ3) is 5.50. The highest BCUT2D eigenvalue weighted by Gasteiger charge is 2.34. The van der Waals surface area contributed by atoms with E-state index in [0.29, 0.717) is 24.4 Å². The number of hydrogen-bond acceptors (Lipinski definition) is 5. The largest absolute Gasteiger partial charge is 0.384 e. The minimum absolute atomic E-state index is 0.0909. The second kappa shape index (κ2) is 10.2. The molecular weight excluding hydrogens is 408 g/mol. The van der Waals surface area contributed by atoms with Crippen molar-refractivity contribution in [2.75, 3.05) is 18.0 Å². The molecule has 0 radical (unpaired) electrons. The van der Waals surface area contributed by atoms with Crippen LogP contribution in [0.1, 0.15) is 58.3 Å². The van der Waals surface area contributed by atoms with E-state index >= 15 is 0 Å².